The summed E-state index contributed by atoms with van der Waals surface area (Å²) < 4.78 is 5.34. The summed E-state index contributed by atoms with van der Waals surface area (Å²) in [5.74, 6) is 1.28. The van der Waals surface area contributed by atoms with Gasteiger partial charge in [0, 0.05) is 23.7 Å². The molecule has 1 fully saturated rings. The van der Waals surface area contributed by atoms with Crippen molar-refractivity contribution in [3.63, 3.8) is 0 Å². The fourth-order valence-corrected chi connectivity index (χ4v) is 2.41. The first-order valence-electron chi connectivity index (χ1n) is 6.83. The standard InChI is InChI=1S/C14H17ClN4O/c15-12-4-2-11(3-5-12)14-17-13(20-18-14)10-19-8-1-6-16-7-9-19/h2-5,16H,1,6-10H2. The minimum atomic E-state index is 0.615. The van der Waals surface area contributed by atoms with Gasteiger partial charge >= 0.3 is 0 Å². The number of halogens is 1. The Balaban J connectivity index is 1.68. The van der Waals surface area contributed by atoms with E-state index in [2.05, 4.69) is 20.4 Å². The third-order valence-corrected chi connectivity index (χ3v) is 3.61. The Morgan fingerprint density at radius 3 is 2.90 bits per heavy atom. The van der Waals surface area contributed by atoms with Crippen LogP contribution < -0.4 is 5.32 Å². The Morgan fingerprint density at radius 2 is 2.05 bits per heavy atom. The van der Waals surface area contributed by atoms with E-state index >= 15 is 0 Å². The summed E-state index contributed by atoms with van der Waals surface area (Å²) in [5, 5.41) is 8.12. The highest BCUT2D eigenvalue weighted by atomic mass is 35.5. The zero-order valence-electron chi connectivity index (χ0n) is 11.2. The van der Waals surface area contributed by atoms with Gasteiger partial charge in [-0.1, -0.05) is 16.8 Å². The van der Waals surface area contributed by atoms with Crippen LogP contribution in [0.15, 0.2) is 28.8 Å². The van der Waals surface area contributed by atoms with E-state index in [-0.39, 0.29) is 0 Å². The third-order valence-electron chi connectivity index (χ3n) is 3.36. The summed E-state index contributed by atoms with van der Waals surface area (Å²) in [5.41, 5.74) is 0.918. The maximum absolute atomic E-state index is 5.87. The van der Waals surface area contributed by atoms with Crippen molar-refractivity contribution in [2.45, 2.75) is 13.0 Å². The van der Waals surface area contributed by atoms with E-state index in [9.17, 15) is 0 Å². The molecule has 2 heterocycles. The van der Waals surface area contributed by atoms with Crippen molar-refractivity contribution < 1.29 is 4.52 Å². The molecule has 2 aromatic rings. The smallest absolute Gasteiger partial charge is 0.241 e. The molecule has 0 radical (unpaired) electrons. The maximum atomic E-state index is 5.87. The van der Waals surface area contributed by atoms with E-state index in [0.29, 0.717) is 23.3 Å². The SMILES string of the molecule is Clc1ccc(-c2noc(CN3CCCNCC3)n2)cc1. The summed E-state index contributed by atoms with van der Waals surface area (Å²) in [6.45, 7) is 4.88. The van der Waals surface area contributed by atoms with Crippen LogP contribution in [0.3, 0.4) is 0 Å². The first kappa shape index (κ1) is 13.5. The average Bonchev–Trinajstić information content (AvgIpc) is 2.76. The fourth-order valence-electron chi connectivity index (χ4n) is 2.29. The lowest BCUT2D eigenvalue weighted by Crippen LogP contribution is -2.27. The van der Waals surface area contributed by atoms with E-state index < -0.39 is 0 Å². The first-order chi connectivity index (χ1) is 9.81. The Hall–Kier alpha value is -1.43. The lowest BCUT2D eigenvalue weighted by Gasteiger charge is -2.16. The molecule has 20 heavy (non-hydrogen) atoms. The van der Waals surface area contributed by atoms with Crippen LogP contribution in [-0.4, -0.2) is 41.2 Å². The molecule has 0 bridgehead atoms. The molecule has 0 unspecified atom stereocenters. The molecular formula is C14H17ClN4O. The molecule has 6 heteroatoms. The van der Waals surface area contributed by atoms with Gasteiger partial charge in [-0.2, -0.15) is 4.98 Å². The van der Waals surface area contributed by atoms with E-state index in [0.717, 1.165) is 38.2 Å². The molecule has 0 amide bonds. The molecule has 1 N–H and O–H groups in total. The highest BCUT2D eigenvalue weighted by Gasteiger charge is 2.14. The largest absolute Gasteiger partial charge is 0.338 e. The topological polar surface area (TPSA) is 54.2 Å². The van der Waals surface area contributed by atoms with Gasteiger partial charge < -0.3 is 9.84 Å². The maximum Gasteiger partial charge on any atom is 0.241 e. The summed E-state index contributed by atoms with van der Waals surface area (Å²) >= 11 is 5.87. The van der Waals surface area contributed by atoms with Gasteiger partial charge in [0.15, 0.2) is 0 Å². The summed E-state index contributed by atoms with van der Waals surface area (Å²) in [6.07, 6.45) is 1.15. The Labute approximate surface area is 122 Å². The van der Waals surface area contributed by atoms with Crippen LogP contribution in [0.2, 0.25) is 5.02 Å². The zero-order valence-corrected chi connectivity index (χ0v) is 11.9. The predicted molar refractivity (Wildman–Crippen MR) is 77.5 cm³/mol. The highest BCUT2D eigenvalue weighted by Crippen LogP contribution is 2.19. The van der Waals surface area contributed by atoms with Gasteiger partial charge in [-0.25, -0.2) is 0 Å². The van der Waals surface area contributed by atoms with Gasteiger partial charge in [0.25, 0.3) is 0 Å². The van der Waals surface area contributed by atoms with Crippen molar-refractivity contribution in [1.29, 1.82) is 0 Å². The molecule has 106 valence electrons. The molecular weight excluding hydrogens is 276 g/mol. The van der Waals surface area contributed by atoms with Crippen molar-refractivity contribution in [2.24, 2.45) is 0 Å². The monoisotopic (exact) mass is 292 g/mol. The first-order valence-corrected chi connectivity index (χ1v) is 7.21. The molecule has 1 aromatic heterocycles. The van der Waals surface area contributed by atoms with Gasteiger partial charge in [-0.3, -0.25) is 4.90 Å². The second-order valence-electron chi connectivity index (χ2n) is 4.90. The Kier molecular flexibility index (Phi) is 4.30. The Morgan fingerprint density at radius 1 is 1.20 bits per heavy atom. The lowest BCUT2D eigenvalue weighted by molar-refractivity contribution is 0.239. The third kappa shape index (κ3) is 3.36. The van der Waals surface area contributed by atoms with Crippen LogP contribution in [0.4, 0.5) is 0 Å². The summed E-state index contributed by atoms with van der Waals surface area (Å²) in [7, 11) is 0. The summed E-state index contributed by atoms with van der Waals surface area (Å²) in [4.78, 5) is 6.78. The second-order valence-corrected chi connectivity index (χ2v) is 5.33. The minimum Gasteiger partial charge on any atom is -0.338 e. The minimum absolute atomic E-state index is 0.615. The normalized spacial score (nSPS) is 17.1. The second kappa shape index (κ2) is 6.35. The predicted octanol–water partition coefficient (Wildman–Crippen LogP) is 2.19. The van der Waals surface area contributed by atoms with Gasteiger partial charge in [-0.15, -0.1) is 0 Å². The van der Waals surface area contributed by atoms with Crippen molar-refractivity contribution in [2.75, 3.05) is 26.2 Å². The van der Waals surface area contributed by atoms with Crippen molar-refractivity contribution >= 4 is 11.6 Å². The van der Waals surface area contributed by atoms with Crippen molar-refractivity contribution in [1.82, 2.24) is 20.4 Å². The molecule has 1 saturated heterocycles. The van der Waals surface area contributed by atoms with Crippen molar-refractivity contribution in [3.05, 3.63) is 35.2 Å². The number of benzene rings is 1. The summed E-state index contributed by atoms with van der Waals surface area (Å²) in [6, 6.07) is 7.44. The Bertz CT molecular complexity index is 547. The molecule has 3 rings (SSSR count). The van der Waals surface area contributed by atoms with E-state index in [1.807, 2.05) is 24.3 Å². The van der Waals surface area contributed by atoms with Crippen LogP contribution in [-0.2, 0) is 6.54 Å². The van der Waals surface area contributed by atoms with Crippen LogP contribution in [0.25, 0.3) is 11.4 Å². The fraction of sp³-hybridized carbons (Fsp3) is 0.429. The zero-order chi connectivity index (χ0) is 13.8. The van der Waals surface area contributed by atoms with Crippen LogP contribution in [0.1, 0.15) is 12.3 Å². The lowest BCUT2D eigenvalue weighted by atomic mass is 10.2. The number of rotatable bonds is 3. The number of hydrogen-bond acceptors (Lipinski definition) is 5. The van der Waals surface area contributed by atoms with E-state index in [1.54, 1.807) is 0 Å². The average molecular weight is 293 g/mol. The molecule has 1 aliphatic heterocycles. The van der Waals surface area contributed by atoms with Gasteiger partial charge in [0.05, 0.1) is 6.54 Å². The number of aromatic nitrogens is 2. The number of nitrogens with one attached hydrogen (secondary N) is 1. The molecule has 0 aliphatic carbocycles. The van der Waals surface area contributed by atoms with Crippen LogP contribution >= 0.6 is 11.6 Å². The van der Waals surface area contributed by atoms with E-state index in [1.165, 1.54) is 0 Å². The molecule has 5 nitrogen and oxygen atoms in total. The number of hydrogen-bond donors (Lipinski definition) is 1. The molecule has 1 aliphatic rings. The quantitative estimate of drug-likeness (QED) is 0.940. The van der Waals surface area contributed by atoms with E-state index in [4.69, 9.17) is 16.1 Å². The van der Waals surface area contributed by atoms with Gasteiger partial charge in [0.1, 0.15) is 0 Å². The highest BCUT2D eigenvalue weighted by molar-refractivity contribution is 6.30. The van der Waals surface area contributed by atoms with Gasteiger partial charge in [-0.05, 0) is 43.8 Å². The van der Waals surface area contributed by atoms with Crippen LogP contribution in [0, 0.1) is 0 Å². The number of nitrogens with zero attached hydrogens (tertiary/aromatic N) is 3. The van der Waals surface area contributed by atoms with Gasteiger partial charge in [0.2, 0.25) is 11.7 Å². The molecule has 0 saturated carbocycles. The molecule has 0 atom stereocenters. The van der Waals surface area contributed by atoms with Crippen LogP contribution in [0.5, 0.6) is 0 Å². The molecule has 1 aromatic carbocycles. The van der Waals surface area contributed by atoms with Crippen molar-refractivity contribution in [3.8, 4) is 11.4 Å². The molecule has 0 spiro atoms.